The van der Waals surface area contributed by atoms with E-state index in [1.165, 1.54) is 128 Å². The Balaban J connectivity index is 1.30. The van der Waals surface area contributed by atoms with Gasteiger partial charge in [0.15, 0.2) is 0 Å². The third kappa shape index (κ3) is 5.91. The van der Waals surface area contributed by atoms with Gasteiger partial charge in [-0.05, 0) is 48.7 Å². The van der Waals surface area contributed by atoms with Crippen molar-refractivity contribution in [2.24, 2.45) is 0 Å². The number of hydrogen-bond acceptors (Lipinski definition) is 4. The second-order valence-corrected chi connectivity index (χ2v) is 14.8. The molecule has 0 spiro atoms. The Kier molecular flexibility index (Phi) is 9.00. The third-order valence-corrected chi connectivity index (χ3v) is 11.8. The molecule has 2 N–H and O–H groups in total. The van der Waals surface area contributed by atoms with E-state index in [-0.39, 0.29) is 13.7 Å². The van der Waals surface area contributed by atoms with Crippen molar-refractivity contribution in [1.82, 2.24) is 0 Å². The first-order valence-electron chi connectivity index (χ1n) is 16.8. The summed E-state index contributed by atoms with van der Waals surface area (Å²) in [7, 11) is 0. The molecule has 44 heavy (non-hydrogen) atoms. The van der Waals surface area contributed by atoms with Crippen LogP contribution >= 0.6 is 22.7 Å². The van der Waals surface area contributed by atoms with Crippen LogP contribution in [-0.4, -0.2) is 13.7 Å². The predicted molar refractivity (Wildman–Crippen MR) is 199 cm³/mol. The molecule has 2 nitrogen and oxygen atoms in total. The second-order valence-electron chi connectivity index (χ2n) is 12.5. The largest absolute Gasteiger partial charge is 0.420 e. The monoisotopic (exact) mass is 612 g/mol. The number of rotatable bonds is 12. The van der Waals surface area contributed by atoms with E-state index in [1.54, 1.807) is 0 Å². The van der Waals surface area contributed by atoms with Crippen LogP contribution in [0.2, 0.25) is 0 Å². The molecule has 6 heteroatoms. The van der Waals surface area contributed by atoms with Crippen LogP contribution in [0.5, 0.6) is 0 Å². The lowest BCUT2D eigenvalue weighted by atomic mass is 9.48. The summed E-state index contributed by atoms with van der Waals surface area (Å²) < 4.78 is 0. The van der Waals surface area contributed by atoms with E-state index in [0.717, 1.165) is 0 Å². The van der Waals surface area contributed by atoms with Crippen LogP contribution in [0, 0.1) is 0 Å². The highest BCUT2D eigenvalue weighted by atomic mass is 32.1. The van der Waals surface area contributed by atoms with Gasteiger partial charge in [0.05, 0.1) is 0 Å². The molecule has 0 saturated heterocycles. The van der Waals surface area contributed by atoms with Gasteiger partial charge in [-0.15, -0.1) is 22.7 Å². The summed E-state index contributed by atoms with van der Waals surface area (Å²) in [6.45, 7) is 4.93. The summed E-state index contributed by atoms with van der Waals surface area (Å²) in [5, 5.41) is 8.04. The topological polar surface area (TPSA) is 24.1 Å². The van der Waals surface area contributed by atoms with Crippen molar-refractivity contribution in [3.8, 4) is 20.9 Å². The molecule has 0 fully saturated rings. The molecule has 0 amide bonds. The van der Waals surface area contributed by atoms with E-state index < -0.39 is 0 Å². The van der Waals surface area contributed by atoms with Gasteiger partial charge in [0, 0.05) is 42.0 Å². The second kappa shape index (κ2) is 13.4. The van der Waals surface area contributed by atoms with Gasteiger partial charge in [0.2, 0.25) is 0 Å². The number of benzene rings is 3. The zero-order valence-electron chi connectivity index (χ0n) is 26.1. The van der Waals surface area contributed by atoms with E-state index in [1.807, 2.05) is 22.7 Å². The molecule has 222 valence electrons. The number of hydrogen-bond donors (Lipinski definition) is 2. The number of thiophene rings is 2. The number of unbranched alkanes of at least 4 members (excludes halogenated alkanes) is 6. The Morgan fingerprint density at radius 3 is 1.36 bits per heavy atom. The summed E-state index contributed by atoms with van der Waals surface area (Å²) in [5.74, 6) is 0. The van der Waals surface area contributed by atoms with Crippen LogP contribution in [-0.2, 0) is 12.8 Å². The quantitative estimate of drug-likeness (QED) is 0.109. The summed E-state index contributed by atoms with van der Waals surface area (Å²) in [6.07, 6.45) is 12.7. The SMILES string of the molecule is CCCCCCc1cc2c(s1)-c1cc3c(cc1NB2c1ccccc1)-c1sc(CCCCCC)cc1B(c1ccccc1)N3. The first kappa shape index (κ1) is 29.5. The zero-order chi connectivity index (χ0) is 29.9. The number of fused-ring (bicyclic) bond motifs is 6. The third-order valence-electron chi connectivity index (χ3n) is 9.31. The first-order chi connectivity index (χ1) is 21.7. The van der Waals surface area contributed by atoms with Gasteiger partial charge in [0.1, 0.15) is 0 Å². The molecule has 7 rings (SSSR count). The zero-order valence-corrected chi connectivity index (χ0v) is 27.8. The predicted octanol–water partition coefficient (Wildman–Crippen LogP) is 8.45. The molecule has 0 unspecified atom stereocenters. The lowest BCUT2D eigenvalue weighted by Gasteiger charge is -2.30. The van der Waals surface area contributed by atoms with Gasteiger partial charge < -0.3 is 10.5 Å². The standard InChI is InChI=1S/C38H42B2N2S2/c1-3-5-7-15-21-29-23-33-37(43-29)31-25-36-32(26-35(31)41-39(33)27-17-11-9-12-18-27)38-34(24-30(44-38)22-16-8-6-4-2)40(42-36)28-19-13-10-14-20-28/h9-14,17-20,23-26,41-42H,3-8,15-16,21-22H2,1-2H3. The smallest absolute Gasteiger partial charge is 0.322 e. The van der Waals surface area contributed by atoms with Crippen molar-refractivity contribution in [3.63, 3.8) is 0 Å². The average Bonchev–Trinajstić information content (AvgIpc) is 3.70. The fraction of sp³-hybridized carbons (Fsp3) is 0.316. The molecule has 0 atom stereocenters. The lowest BCUT2D eigenvalue weighted by Crippen LogP contribution is -2.52. The normalized spacial score (nSPS) is 13.0. The minimum absolute atomic E-state index is 0.169. The molecule has 0 saturated carbocycles. The van der Waals surface area contributed by atoms with E-state index in [9.17, 15) is 0 Å². The van der Waals surface area contributed by atoms with Crippen LogP contribution in [0.1, 0.15) is 75.0 Å². The average molecular weight is 613 g/mol. The highest BCUT2D eigenvalue weighted by molar-refractivity contribution is 7.19. The van der Waals surface area contributed by atoms with Gasteiger partial charge in [-0.3, -0.25) is 0 Å². The van der Waals surface area contributed by atoms with Crippen LogP contribution in [0.4, 0.5) is 11.4 Å². The molecule has 2 aliphatic heterocycles. The van der Waals surface area contributed by atoms with Gasteiger partial charge in [-0.25, -0.2) is 0 Å². The summed E-state index contributed by atoms with van der Waals surface area (Å²) >= 11 is 4.04. The highest BCUT2D eigenvalue weighted by Crippen LogP contribution is 2.45. The Bertz CT molecular complexity index is 1580. The molecule has 0 bridgehead atoms. The van der Waals surface area contributed by atoms with E-state index in [2.05, 4.69) is 109 Å². The van der Waals surface area contributed by atoms with Crippen LogP contribution in [0.3, 0.4) is 0 Å². The van der Waals surface area contributed by atoms with Crippen molar-refractivity contribution < 1.29 is 0 Å². The fourth-order valence-corrected chi connectivity index (χ4v) is 9.50. The molecule has 4 heterocycles. The Hall–Kier alpha value is -3.21. The van der Waals surface area contributed by atoms with E-state index in [4.69, 9.17) is 0 Å². The van der Waals surface area contributed by atoms with E-state index in [0.29, 0.717) is 0 Å². The van der Waals surface area contributed by atoms with Crippen molar-refractivity contribution in [1.29, 1.82) is 0 Å². The Labute approximate surface area is 272 Å². The van der Waals surface area contributed by atoms with Gasteiger partial charge >= 0.3 is 13.7 Å². The first-order valence-corrected chi connectivity index (χ1v) is 18.4. The number of nitrogens with one attached hydrogen (secondary N) is 2. The molecular formula is C38H42B2N2S2. The summed E-state index contributed by atoms with van der Waals surface area (Å²) in [5.41, 5.74) is 10.7. The molecule has 3 aromatic carbocycles. The van der Waals surface area contributed by atoms with Crippen molar-refractivity contribution in [3.05, 3.63) is 94.7 Å². The molecule has 0 aliphatic carbocycles. The minimum atomic E-state index is 0.169. The Morgan fingerprint density at radius 1 is 0.523 bits per heavy atom. The van der Waals surface area contributed by atoms with Crippen molar-refractivity contribution in [2.45, 2.75) is 78.1 Å². The Morgan fingerprint density at radius 2 is 0.955 bits per heavy atom. The van der Waals surface area contributed by atoms with Crippen LogP contribution < -0.4 is 32.3 Å². The van der Waals surface area contributed by atoms with E-state index >= 15 is 0 Å². The maximum Gasteiger partial charge on any atom is 0.322 e. The molecular weight excluding hydrogens is 570 g/mol. The molecule has 5 aromatic rings. The summed E-state index contributed by atoms with van der Waals surface area (Å²) in [6, 6.07) is 31.9. The number of aryl methyl sites for hydroxylation is 2. The van der Waals surface area contributed by atoms with Gasteiger partial charge in [0.25, 0.3) is 0 Å². The lowest BCUT2D eigenvalue weighted by molar-refractivity contribution is 0.670. The van der Waals surface area contributed by atoms with Crippen molar-refractivity contribution >= 4 is 69.6 Å². The maximum absolute atomic E-state index is 4.02. The van der Waals surface area contributed by atoms with Gasteiger partial charge in [-0.2, -0.15) is 0 Å². The maximum atomic E-state index is 4.02. The minimum Gasteiger partial charge on any atom is -0.420 e. The van der Waals surface area contributed by atoms with Crippen LogP contribution in [0.15, 0.2) is 84.9 Å². The highest BCUT2D eigenvalue weighted by Gasteiger charge is 2.36. The molecule has 0 radical (unpaired) electrons. The van der Waals surface area contributed by atoms with Crippen LogP contribution in [0.25, 0.3) is 20.9 Å². The molecule has 2 aliphatic rings. The summed E-state index contributed by atoms with van der Waals surface area (Å²) in [4.78, 5) is 5.91. The van der Waals surface area contributed by atoms with Crippen molar-refractivity contribution in [2.75, 3.05) is 10.5 Å². The fourth-order valence-electron chi connectivity index (χ4n) is 6.96. The van der Waals surface area contributed by atoms with Gasteiger partial charge in [-0.1, -0.05) is 136 Å². The number of anilines is 2. The molecule has 2 aromatic heterocycles.